The zero-order valence-electron chi connectivity index (χ0n) is 23.3. The maximum atomic E-state index is 13.3. The summed E-state index contributed by atoms with van der Waals surface area (Å²) in [6.07, 6.45) is 3.71. The van der Waals surface area contributed by atoms with E-state index in [4.69, 9.17) is 9.47 Å². The van der Waals surface area contributed by atoms with Crippen LogP contribution in [0.5, 0.6) is 5.88 Å². The zero-order chi connectivity index (χ0) is 27.9. The Morgan fingerprint density at radius 2 is 1.97 bits per heavy atom. The standard InChI is InChI=1S/C26H35N9O4/c1-7-38-23-22-28-17(3)31-35(22)15-20(29-23)30-24(36)34-11-9-18-19(8-10-27-21(18)34)32-12-13-33(16(2)14-32)25(37)39-26(4,5)6/h8,10,15-16H,7,9,11-14H2,1-6H3,(H,30,36)/t16-/m1/s1. The summed E-state index contributed by atoms with van der Waals surface area (Å²) in [4.78, 5) is 45.0. The van der Waals surface area contributed by atoms with Gasteiger partial charge >= 0.3 is 12.1 Å². The molecule has 0 bridgehead atoms. The zero-order valence-corrected chi connectivity index (χ0v) is 23.3. The average molecular weight is 538 g/mol. The van der Waals surface area contributed by atoms with Gasteiger partial charge in [-0.15, -0.1) is 0 Å². The second-order valence-corrected chi connectivity index (χ2v) is 10.7. The lowest BCUT2D eigenvalue weighted by molar-refractivity contribution is 0.0159. The Bertz CT molecular complexity index is 1400. The van der Waals surface area contributed by atoms with Crippen molar-refractivity contribution >= 4 is 35.1 Å². The molecule has 2 aliphatic rings. The molecule has 0 aliphatic carbocycles. The van der Waals surface area contributed by atoms with Crippen LogP contribution in [0.15, 0.2) is 18.5 Å². The summed E-state index contributed by atoms with van der Waals surface area (Å²) in [6.45, 7) is 14.0. The van der Waals surface area contributed by atoms with E-state index < -0.39 is 5.60 Å². The molecule has 3 aromatic heterocycles. The normalized spacial score (nSPS) is 17.4. The van der Waals surface area contributed by atoms with Gasteiger partial charge in [-0.1, -0.05) is 0 Å². The van der Waals surface area contributed by atoms with Gasteiger partial charge in [0.25, 0.3) is 5.88 Å². The van der Waals surface area contributed by atoms with Gasteiger partial charge in [0.2, 0.25) is 5.65 Å². The SMILES string of the molecule is CCOc1nc(NC(=O)N2CCc3c(N4CCN(C(=O)OC(C)(C)C)[C@H](C)C4)ccnc32)cn2nc(C)nc12. The minimum Gasteiger partial charge on any atom is -0.475 e. The number of anilines is 3. The number of hydrogen-bond acceptors (Lipinski definition) is 9. The van der Waals surface area contributed by atoms with Crippen molar-refractivity contribution in [2.24, 2.45) is 0 Å². The Morgan fingerprint density at radius 1 is 1.18 bits per heavy atom. The third-order valence-corrected chi connectivity index (χ3v) is 6.60. The van der Waals surface area contributed by atoms with Crippen LogP contribution < -0.4 is 19.9 Å². The van der Waals surface area contributed by atoms with E-state index in [0.717, 1.165) is 11.3 Å². The molecule has 3 amide bonds. The molecule has 0 unspecified atom stereocenters. The molecule has 5 rings (SSSR count). The van der Waals surface area contributed by atoms with Crippen LogP contribution in [0.2, 0.25) is 0 Å². The topological polar surface area (TPSA) is 130 Å². The smallest absolute Gasteiger partial charge is 0.410 e. The Labute approximate surface area is 227 Å². The number of carbonyl (C=O) groups is 2. The highest BCUT2D eigenvalue weighted by atomic mass is 16.6. The number of rotatable bonds is 4. The van der Waals surface area contributed by atoms with E-state index in [2.05, 4.69) is 30.3 Å². The predicted octanol–water partition coefficient (Wildman–Crippen LogP) is 3.27. The van der Waals surface area contributed by atoms with Crippen LogP contribution in [-0.2, 0) is 11.2 Å². The second kappa shape index (κ2) is 10.2. The number of nitrogens with zero attached hydrogens (tertiary/aromatic N) is 8. The van der Waals surface area contributed by atoms with E-state index in [9.17, 15) is 9.59 Å². The lowest BCUT2D eigenvalue weighted by Gasteiger charge is -2.41. The largest absolute Gasteiger partial charge is 0.475 e. The third kappa shape index (κ3) is 5.38. The van der Waals surface area contributed by atoms with E-state index >= 15 is 0 Å². The molecule has 2 aliphatic heterocycles. The van der Waals surface area contributed by atoms with Crippen molar-refractivity contribution in [1.82, 2.24) is 29.5 Å². The number of aryl methyl sites for hydroxylation is 1. The Kier molecular flexibility index (Phi) is 6.91. The number of fused-ring (bicyclic) bond motifs is 2. The fraction of sp³-hybridized carbons (Fsp3) is 0.538. The van der Waals surface area contributed by atoms with Crippen LogP contribution in [0, 0.1) is 6.92 Å². The quantitative estimate of drug-likeness (QED) is 0.533. The molecule has 39 heavy (non-hydrogen) atoms. The molecule has 5 heterocycles. The second-order valence-electron chi connectivity index (χ2n) is 10.7. The first-order valence-electron chi connectivity index (χ1n) is 13.2. The van der Waals surface area contributed by atoms with Gasteiger partial charge in [0, 0.05) is 49.7 Å². The average Bonchev–Trinajstić information content (AvgIpc) is 3.46. The first-order valence-corrected chi connectivity index (χ1v) is 13.2. The van der Waals surface area contributed by atoms with Crippen molar-refractivity contribution in [2.45, 2.75) is 59.6 Å². The summed E-state index contributed by atoms with van der Waals surface area (Å²) < 4.78 is 12.8. The number of urea groups is 1. The molecule has 0 saturated carbocycles. The predicted molar refractivity (Wildman–Crippen MR) is 146 cm³/mol. The van der Waals surface area contributed by atoms with Gasteiger partial charge in [-0.05, 0) is 54.0 Å². The summed E-state index contributed by atoms with van der Waals surface area (Å²) in [6, 6.07) is 1.61. The van der Waals surface area contributed by atoms with Gasteiger partial charge in [0.05, 0.1) is 12.8 Å². The van der Waals surface area contributed by atoms with Gasteiger partial charge in [-0.3, -0.25) is 10.2 Å². The molecule has 0 radical (unpaired) electrons. The molecule has 0 aromatic carbocycles. The number of aromatic nitrogens is 5. The fourth-order valence-electron chi connectivity index (χ4n) is 4.98. The third-order valence-electron chi connectivity index (χ3n) is 6.60. The first kappa shape index (κ1) is 26.4. The Morgan fingerprint density at radius 3 is 2.69 bits per heavy atom. The molecule has 208 valence electrons. The van der Waals surface area contributed by atoms with Crippen molar-refractivity contribution in [3.63, 3.8) is 0 Å². The highest BCUT2D eigenvalue weighted by molar-refractivity contribution is 6.02. The van der Waals surface area contributed by atoms with Crippen LogP contribution >= 0.6 is 0 Å². The molecule has 1 saturated heterocycles. The van der Waals surface area contributed by atoms with Gasteiger partial charge in [0.1, 0.15) is 17.2 Å². The van der Waals surface area contributed by atoms with Gasteiger partial charge in [0.15, 0.2) is 5.82 Å². The van der Waals surface area contributed by atoms with Crippen LogP contribution in [-0.4, -0.2) is 86.0 Å². The Balaban J connectivity index is 1.31. The molecule has 3 aromatic rings. The minimum atomic E-state index is -0.538. The van der Waals surface area contributed by atoms with Gasteiger partial charge < -0.3 is 19.3 Å². The summed E-state index contributed by atoms with van der Waals surface area (Å²) >= 11 is 0. The fourth-order valence-corrected chi connectivity index (χ4v) is 4.98. The summed E-state index contributed by atoms with van der Waals surface area (Å²) in [5.74, 6) is 1.80. The minimum absolute atomic E-state index is 0.0285. The van der Waals surface area contributed by atoms with Crippen molar-refractivity contribution in [3.05, 3.63) is 29.8 Å². The molecular weight excluding hydrogens is 502 g/mol. The number of nitrogens with one attached hydrogen (secondary N) is 1. The summed E-state index contributed by atoms with van der Waals surface area (Å²) in [7, 11) is 0. The van der Waals surface area contributed by atoms with Crippen molar-refractivity contribution in [1.29, 1.82) is 0 Å². The molecule has 1 fully saturated rings. The maximum Gasteiger partial charge on any atom is 0.410 e. The lowest BCUT2D eigenvalue weighted by Crippen LogP contribution is -2.55. The molecule has 13 nitrogen and oxygen atoms in total. The van der Waals surface area contributed by atoms with Crippen molar-refractivity contribution in [3.8, 4) is 5.88 Å². The van der Waals surface area contributed by atoms with E-state index in [1.54, 1.807) is 33.6 Å². The molecule has 1 atom stereocenters. The van der Waals surface area contributed by atoms with Crippen LogP contribution in [0.1, 0.15) is 46.0 Å². The molecule has 13 heteroatoms. The van der Waals surface area contributed by atoms with E-state index in [1.807, 2.05) is 40.7 Å². The number of carbonyl (C=O) groups excluding carboxylic acids is 2. The highest BCUT2D eigenvalue weighted by Crippen LogP contribution is 2.35. The van der Waals surface area contributed by atoms with E-state index in [0.29, 0.717) is 68.2 Å². The first-order chi connectivity index (χ1) is 18.5. The van der Waals surface area contributed by atoms with Crippen LogP contribution in [0.4, 0.5) is 26.9 Å². The summed E-state index contributed by atoms with van der Waals surface area (Å²) in [5.41, 5.74) is 1.99. The number of amides is 3. The molecule has 1 N–H and O–H groups in total. The summed E-state index contributed by atoms with van der Waals surface area (Å²) in [5, 5.41) is 7.19. The monoisotopic (exact) mass is 537 g/mol. The van der Waals surface area contributed by atoms with Gasteiger partial charge in [-0.2, -0.15) is 10.1 Å². The van der Waals surface area contributed by atoms with E-state index in [1.165, 1.54) is 0 Å². The van der Waals surface area contributed by atoms with Crippen LogP contribution in [0.3, 0.4) is 0 Å². The Hall–Kier alpha value is -4.16. The maximum absolute atomic E-state index is 13.3. The number of ether oxygens (including phenoxy) is 2. The van der Waals surface area contributed by atoms with Gasteiger partial charge in [-0.25, -0.2) is 24.1 Å². The van der Waals surface area contributed by atoms with E-state index in [-0.39, 0.29) is 18.2 Å². The molecular formula is C26H35N9O4. The van der Waals surface area contributed by atoms with Crippen LogP contribution in [0.25, 0.3) is 5.65 Å². The number of piperazine rings is 1. The molecule has 0 spiro atoms. The van der Waals surface area contributed by atoms with Crippen molar-refractivity contribution in [2.75, 3.05) is 47.9 Å². The number of pyridine rings is 1. The van der Waals surface area contributed by atoms with Crippen molar-refractivity contribution < 1.29 is 19.1 Å². The highest BCUT2D eigenvalue weighted by Gasteiger charge is 2.34. The number of hydrogen-bond donors (Lipinski definition) is 1. The lowest BCUT2D eigenvalue weighted by atomic mass is 10.1.